The molecule has 1 atom stereocenters. The van der Waals surface area contributed by atoms with E-state index in [1.54, 1.807) is 24.3 Å². The lowest BCUT2D eigenvalue weighted by Gasteiger charge is -2.35. The minimum Gasteiger partial charge on any atom is -0.481 e. The number of carbonyl (C=O) groups is 1. The molecule has 0 saturated carbocycles. The highest BCUT2D eigenvalue weighted by molar-refractivity contribution is 7.89. The summed E-state index contributed by atoms with van der Waals surface area (Å²) in [4.78, 5) is 11.4. The average molecular weight is 520 g/mol. The number of rotatable bonds is 10. The summed E-state index contributed by atoms with van der Waals surface area (Å²) >= 11 is 0. The van der Waals surface area contributed by atoms with Gasteiger partial charge in [-0.1, -0.05) is 25.5 Å². The Morgan fingerprint density at radius 1 is 1.08 bits per heavy atom. The summed E-state index contributed by atoms with van der Waals surface area (Å²) in [7, 11) is -3.49. The summed E-state index contributed by atoms with van der Waals surface area (Å²) in [5, 5.41) is 28.4. The van der Waals surface area contributed by atoms with Crippen molar-refractivity contribution >= 4 is 27.5 Å². The molecule has 2 aromatic carbocycles. The maximum absolute atomic E-state index is 12.9. The van der Waals surface area contributed by atoms with Gasteiger partial charge < -0.3 is 21.3 Å². The highest BCUT2D eigenvalue weighted by Gasteiger charge is 2.29. The molecule has 0 aliphatic carbocycles. The smallest absolute Gasteiger partial charge is 0.300 e. The number of aliphatic hydroxyl groups is 1. The van der Waals surface area contributed by atoms with Crippen molar-refractivity contribution in [3.63, 3.8) is 0 Å². The molecule has 0 bridgehead atoms. The number of nitrogens with zero attached hydrogens (tertiary/aromatic N) is 2. The van der Waals surface area contributed by atoms with Crippen molar-refractivity contribution in [1.82, 2.24) is 9.21 Å². The Labute approximate surface area is 213 Å². The van der Waals surface area contributed by atoms with Crippen molar-refractivity contribution in [3.8, 4) is 0 Å². The number of aryl methyl sites for hydroxylation is 1. The summed E-state index contributed by atoms with van der Waals surface area (Å²) in [5.74, 6) is -0.814. The fourth-order valence-electron chi connectivity index (χ4n) is 3.78. The lowest BCUT2D eigenvalue weighted by atomic mass is 10.1. The van der Waals surface area contributed by atoms with Crippen LogP contribution in [-0.2, 0) is 21.2 Å². The van der Waals surface area contributed by atoms with Crippen LogP contribution in [0.2, 0.25) is 0 Å². The SMILES string of the molecule is CC(=O)O.CCCc1ccc(S(=O)(=O)N2CCN(CC(O)CNc3ccc(C(=N)N)cc3)CC2)cc1. The number of nitrogen functional groups attached to an aromatic ring is 1. The van der Waals surface area contributed by atoms with E-state index in [0.717, 1.165) is 31.0 Å². The normalized spacial score (nSPS) is 15.4. The van der Waals surface area contributed by atoms with Gasteiger partial charge in [0, 0.05) is 57.4 Å². The predicted molar refractivity (Wildman–Crippen MR) is 141 cm³/mol. The summed E-state index contributed by atoms with van der Waals surface area (Å²) in [6.07, 6.45) is 1.39. The van der Waals surface area contributed by atoms with E-state index < -0.39 is 22.1 Å². The third-order valence-electron chi connectivity index (χ3n) is 5.64. The summed E-state index contributed by atoms with van der Waals surface area (Å²) < 4.78 is 27.4. The number of hydrogen-bond donors (Lipinski definition) is 5. The number of aliphatic carboxylic acids is 1. The van der Waals surface area contributed by atoms with Crippen LogP contribution in [-0.4, -0.2) is 85.0 Å². The molecule has 0 radical (unpaired) electrons. The Morgan fingerprint density at radius 3 is 2.14 bits per heavy atom. The van der Waals surface area contributed by atoms with E-state index in [-0.39, 0.29) is 5.84 Å². The van der Waals surface area contributed by atoms with E-state index in [1.807, 2.05) is 24.3 Å². The van der Waals surface area contributed by atoms with Crippen molar-refractivity contribution in [2.75, 3.05) is 44.6 Å². The van der Waals surface area contributed by atoms with Crippen LogP contribution in [0.3, 0.4) is 0 Å². The van der Waals surface area contributed by atoms with Gasteiger partial charge in [-0.2, -0.15) is 4.31 Å². The van der Waals surface area contributed by atoms with Crippen LogP contribution in [0.15, 0.2) is 53.4 Å². The van der Waals surface area contributed by atoms with Gasteiger partial charge in [-0.25, -0.2) is 8.42 Å². The number of hydrogen-bond acceptors (Lipinski definition) is 7. The largest absolute Gasteiger partial charge is 0.481 e. The topological polar surface area (TPSA) is 160 Å². The molecule has 11 heteroatoms. The van der Waals surface area contributed by atoms with E-state index in [9.17, 15) is 13.5 Å². The first-order valence-electron chi connectivity index (χ1n) is 11.9. The van der Waals surface area contributed by atoms with Crippen molar-refractivity contribution in [2.24, 2.45) is 5.73 Å². The monoisotopic (exact) mass is 519 g/mol. The van der Waals surface area contributed by atoms with Crippen LogP contribution in [0.5, 0.6) is 0 Å². The molecular formula is C25H37N5O5S. The van der Waals surface area contributed by atoms with Crippen LogP contribution in [0.1, 0.15) is 31.4 Å². The number of nitrogens with two attached hydrogens (primary N) is 1. The molecule has 3 rings (SSSR count). The molecule has 6 N–H and O–H groups in total. The van der Waals surface area contributed by atoms with Gasteiger partial charge in [0.2, 0.25) is 10.0 Å². The van der Waals surface area contributed by atoms with E-state index in [0.29, 0.717) is 49.7 Å². The van der Waals surface area contributed by atoms with Crippen LogP contribution in [0.4, 0.5) is 5.69 Å². The number of nitrogens with one attached hydrogen (secondary N) is 2. The second kappa shape index (κ2) is 13.9. The standard InChI is InChI=1S/C23H33N5O3S.C2H4O2/c1-2-3-18-4-10-22(11-5-18)32(30,31)28-14-12-27(13-15-28)17-21(29)16-26-20-8-6-19(7-9-20)23(24)25;1-2(3)4/h4-11,21,26,29H,2-3,12-17H2,1H3,(H3,24,25);1H3,(H,3,4). The van der Waals surface area contributed by atoms with Crippen LogP contribution in [0, 0.1) is 5.41 Å². The first kappa shape index (κ1) is 29.2. The van der Waals surface area contributed by atoms with Gasteiger partial charge >= 0.3 is 0 Å². The van der Waals surface area contributed by atoms with Crippen LogP contribution < -0.4 is 11.1 Å². The first-order valence-corrected chi connectivity index (χ1v) is 13.3. The molecule has 36 heavy (non-hydrogen) atoms. The molecule has 1 aliphatic rings. The highest BCUT2D eigenvalue weighted by Crippen LogP contribution is 2.19. The molecule has 10 nitrogen and oxygen atoms in total. The molecule has 0 spiro atoms. The first-order chi connectivity index (χ1) is 17.0. The molecule has 1 heterocycles. The van der Waals surface area contributed by atoms with E-state index >= 15 is 0 Å². The molecule has 0 aromatic heterocycles. The zero-order valence-corrected chi connectivity index (χ0v) is 21.7. The molecule has 1 fully saturated rings. The van der Waals surface area contributed by atoms with Crippen LogP contribution in [0.25, 0.3) is 0 Å². The lowest BCUT2D eigenvalue weighted by molar-refractivity contribution is -0.134. The molecule has 1 aliphatic heterocycles. The van der Waals surface area contributed by atoms with Gasteiger partial charge in [0.15, 0.2) is 0 Å². The summed E-state index contributed by atoms with van der Waals surface area (Å²) in [5.41, 5.74) is 8.10. The Bertz CT molecular complexity index is 1080. The molecular weight excluding hydrogens is 482 g/mol. The van der Waals surface area contributed by atoms with Gasteiger partial charge in [0.1, 0.15) is 5.84 Å². The second-order valence-corrected chi connectivity index (χ2v) is 10.6. The van der Waals surface area contributed by atoms with E-state index in [2.05, 4.69) is 17.1 Å². The zero-order chi connectivity index (χ0) is 26.7. The molecule has 1 unspecified atom stereocenters. The van der Waals surface area contributed by atoms with Gasteiger partial charge in [0.25, 0.3) is 5.97 Å². The fourth-order valence-corrected chi connectivity index (χ4v) is 5.21. The molecule has 1 saturated heterocycles. The molecule has 198 valence electrons. The Kier molecular flexibility index (Phi) is 11.3. The minimum atomic E-state index is -3.49. The lowest BCUT2D eigenvalue weighted by Crippen LogP contribution is -2.50. The quantitative estimate of drug-likeness (QED) is 0.235. The van der Waals surface area contributed by atoms with Crippen molar-refractivity contribution in [3.05, 3.63) is 59.7 Å². The van der Waals surface area contributed by atoms with Crippen molar-refractivity contribution in [2.45, 2.75) is 37.7 Å². The van der Waals surface area contributed by atoms with E-state index in [1.165, 1.54) is 4.31 Å². The second-order valence-electron chi connectivity index (χ2n) is 8.64. The van der Waals surface area contributed by atoms with Crippen LogP contribution >= 0.6 is 0 Å². The summed E-state index contributed by atoms with van der Waals surface area (Å²) in [6.45, 7) is 6.01. The van der Waals surface area contributed by atoms with Crippen molar-refractivity contribution in [1.29, 1.82) is 5.41 Å². The fraction of sp³-hybridized carbons (Fsp3) is 0.440. The summed E-state index contributed by atoms with van der Waals surface area (Å²) in [6, 6.07) is 14.3. The number of β-amino-alcohol motifs (C(OH)–C–C–N with tert-alkyl or cyclic N) is 1. The average Bonchev–Trinajstić information content (AvgIpc) is 2.83. The van der Waals surface area contributed by atoms with Crippen molar-refractivity contribution < 1.29 is 23.4 Å². The van der Waals surface area contributed by atoms with Gasteiger partial charge in [-0.05, 0) is 48.4 Å². The number of carboxylic acids is 1. The number of amidine groups is 1. The van der Waals surface area contributed by atoms with Gasteiger partial charge in [-0.3, -0.25) is 15.1 Å². The minimum absolute atomic E-state index is 0.0197. The van der Waals surface area contributed by atoms with Gasteiger partial charge in [0.05, 0.1) is 11.0 Å². The Morgan fingerprint density at radius 2 is 1.64 bits per heavy atom. The Hall–Kier alpha value is -2.99. The molecule has 0 amide bonds. The number of sulfonamides is 1. The third kappa shape index (κ3) is 9.23. The number of benzene rings is 2. The maximum Gasteiger partial charge on any atom is 0.300 e. The number of anilines is 1. The van der Waals surface area contributed by atoms with E-state index in [4.69, 9.17) is 21.0 Å². The molecule has 2 aromatic rings. The Balaban J connectivity index is 0.00000106. The van der Waals surface area contributed by atoms with Gasteiger partial charge in [-0.15, -0.1) is 0 Å². The predicted octanol–water partition coefficient (Wildman–Crippen LogP) is 1.79. The third-order valence-corrected chi connectivity index (χ3v) is 7.55. The zero-order valence-electron chi connectivity index (χ0n) is 20.9. The number of aliphatic hydroxyl groups excluding tert-OH is 1. The number of piperazine rings is 1. The maximum atomic E-state index is 12.9. The number of carboxylic acid groups (broad SMARTS) is 1. The highest BCUT2D eigenvalue weighted by atomic mass is 32.2.